The number of hydrogen-bond acceptors (Lipinski definition) is 6. The number of allylic oxidation sites excluding steroid dienone is 2. The molecule has 2 saturated carbocycles. The average Bonchev–Trinajstić information content (AvgIpc) is 3.14. The summed E-state index contributed by atoms with van der Waals surface area (Å²) in [6.45, 7) is 20.4. The molecular weight excluding hydrogens is 827 g/mol. The number of ether oxygens (including phenoxy) is 2. The van der Waals surface area contributed by atoms with Crippen molar-refractivity contribution < 1.29 is 104 Å². The molecule has 3 aromatic rings. The Kier molecular flexibility index (Phi) is 27.0. The molecule has 0 saturated heterocycles. The van der Waals surface area contributed by atoms with Gasteiger partial charge in [0.15, 0.2) is 0 Å². The number of halogens is 1. The molecule has 2 aliphatic carbocycles. The van der Waals surface area contributed by atoms with Gasteiger partial charge in [0.25, 0.3) is 0 Å². The maximum absolute atomic E-state index is 11.4. The van der Waals surface area contributed by atoms with E-state index in [-0.39, 0.29) is 116 Å². The third kappa shape index (κ3) is 18.6. The van der Waals surface area contributed by atoms with E-state index in [1.165, 1.54) is 27.8 Å². The van der Waals surface area contributed by atoms with E-state index in [0.717, 1.165) is 25.7 Å². The summed E-state index contributed by atoms with van der Waals surface area (Å²) in [7, 11) is 0. The molecule has 0 heterocycles. The minimum atomic E-state index is -0.750. The van der Waals surface area contributed by atoms with Gasteiger partial charge in [0.1, 0.15) is 5.78 Å². The van der Waals surface area contributed by atoms with Crippen molar-refractivity contribution in [2.24, 2.45) is 17.8 Å². The number of rotatable bonds is 8. The third-order valence-electron chi connectivity index (χ3n) is 9.51. The molecule has 5 rings (SSSR count). The van der Waals surface area contributed by atoms with Crippen molar-refractivity contribution in [1.82, 2.24) is 0 Å². The van der Waals surface area contributed by atoms with Gasteiger partial charge < -0.3 is 45.5 Å². The Labute approximate surface area is 392 Å². The zero-order valence-corrected chi connectivity index (χ0v) is 40.3. The maximum atomic E-state index is 11.4. The summed E-state index contributed by atoms with van der Waals surface area (Å²) in [6, 6.07) is 32.1. The maximum Gasteiger partial charge on any atom is 1.00 e. The Morgan fingerprint density at radius 2 is 0.982 bits per heavy atom. The summed E-state index contributed by atoms with van der Waals surface area (Å²) in [4.78, 5) is 33.4. The van der Waals surface area contributed by atoms with Gasteiger partial charge in [-0.05, 0) is 82.9 Å². The van der Waals surface area contributed by atoms with E-state index < -0.39 is 5.60 Å². The van der Waals surface area contributed by atoms with Gasteiger partial charge >= 0.3 is 63.3 Å². The topological polar surface area (TPSA) is 92.7 Å². The molecule has 1 atom stereocenters. The molecular formula is C47H64IKO6-2. The fourth-order valence-electron chi connectivity index (χ4n) is 6.85. The van der Waals surface area contributed by atoms with Crippen LogP contribution in [0.1, 0.15) is 123 Å². The smallest absolute Gasteiger partial charge is 1.00 e. The second kappa shape index (κ2) is 27.9. The predicted molar refractivity (Wildman–Crippen MR) is 214 cm³/mol. The normalized spacial score (nSPS) is 16.0. The van der Waals surface area contributed by atoms with Crippen molar-refractivity contribution in [2.45, 2.75) is 118 Å². The first kappa shape index (κ1) is 53.3. The molecule has 298 valence electrons. The summed E-state index contributed by atoms with van der Waals surface area (Å²) in [6.07, 6.45) is 6.54. The Hall–Kier alpha value is -1.66. The number of esters is 2. The van der Waals surface area contributed by atoms with E-state index in [2.05, 4.69) is 119 Å². The van der Waals surface area contributed by atoms with Crippen LogP contribution in [0.4, 0.5) is 0 Å². The summed E-state index contributed by atoms with van der Waals surface area (Å²) in [5, 5.41) is 10.1. The van der Waals surface area contributed by atoms with Crippen LogP contribution in [-0.2, 0) is 29.3 Å². The molecule has 0 N–H and O–H groups in total. The fraction of sp³-hybridized carbons (Fsp3) is 0.489. The molecule has 0 spiro atoms. The van der Waals surface area contributed by atoms with Crippen LogP contribution in [0.5, 0.6) is 0 Å². The van der Waals surface area contributed by atoms with E-state index >= 15 is 0 Å². The molecule has 0 aromatic heterocycles. The number of hydrogen-bond donors (Lipinski definition) is 0. The molecule has 6 nitrogen and oxygen atoms in total. The number of carbonyl (C=O) groups is 3. The van der Waals surface area contributed by atoms with Crippen LogP contribution >= 0.6 is 0 Å². The Morgan fingerprint density at radius 1 is 0.691 bits per heavy atom. The predicted octanol–water partition coefficient (Wildman–Crippen LogP) is 4.03. The van der Waals surface area contributed by atoms with Gasteiger partial charge in [0.05, 0.1) is 25.0 Å². The van der Waals surface area contributed by atoms with Crippen LogP contribution in [0.15, 0.2) is 102 Å². The van der Waals surface area contributed by atoms with Crippen molar-refractivity contribution >= 4 is 17.7 Å². The summed E-state index contributed by atoms with van der Waals surface area (Å²) < 4.78 is 9.89. The van der Waals surface area contributed by atoms with Crippen LogP contribution in [0.2, 0.25) is 0 Å². The third-order valence-corrected chi connectivity index (χ3v) is 9.51. The average molecular weight is 891 g/mol. The SMILES string of the molecule is CC(C)(C)[O-].CCOC(=O)C1CCC(=C(C)C)CC1.CCOC(=O)C1CCC(=O)CC1.[CH2-]C(C)C(c1ccccc1)(c1ccccc1)c1ccccc1.[I-].[K+]. The van der Waals surface area contributed by atoms with E-state index in [1.807, 2.05) is 6.92 Å². The molecule has 0 aliphatic heterocycles. The number of ketones is 1. The van der Waals surface area contributed by atoms with E-state index in [0.29, 0.717) is 38.9 Å². The van der Waals surface area contributed by atoms with Crippen molar-refractivity contribution in [3.63, 3.8) is 0 Å². The van der Waals surface area contributed by atoms with Gasteiger partial charge in [-0.2, -0.15) is 5.92 Å². The van der Waals surface area contributed by atoms with E-state index in [1.54, 1.807) is 27.7 Å². The summed E-state index contributed by atoms with van der Waals surface area (Å²) >= 11 is 0. The minimum absolute atomic E-state index is 0. The Bertz CT molecular complexity index is 1420. The molecule has 0 radical (unpaired) electrons. The van der Waals surface area contributed by atoms with Gasteiger partial charge in [0.2, 0.25) is 0 Å². The first-order valence-corrected chi connectivity index (χ1v) is 19.3. The van der Waals surface area contributed by atoms with Gasteiger partial charge in [0, 0.05) is 18.3 Å². The zero-order chi connectivity index (χ0) is 39.4. The minimum Gasteiger partial charge on any atom is -1.00 e. The summed E-state index contributed by atoms with van der Waals surface area (Å²) in [5.41, 5.74) is 5.83. The van der Waals surface area contributed by atoms with Crippen LogP contribution in [0.3, 0.4) is 0 Å². The monoisotopic (exact) mass is 890 g/mol. The first-order chi connectivity index (χ1) is 25.1. The second-order valence-electron chi connectivity index (χ2n) is 15.1. The molecule has 2 fully saturated rings. The number of carbonyl (C=O) groups excluding carboxylic acids is 3. The van der Waals surface area contributed by atoms with Gasteiger partial charge in [-0.25, -0.2) is 0 Å². The van der Waals surface area contributed by atoms with Crippen molar-refractivity contribution in [3.05, 3.63) is 126 Å². The van der Waals surface area contributed by atoms with Gasteiger partial charge in [-0.1, -0.05) is 130 Å². The number of Topliss-reactive ketones (excluding diaryl/α,β-unsaturated/α-hetero) is 1. The van der Waals surface area contributed by atoms with Crippen LogP contribution < -0.4 is 80.5 Å². The zero-order valence-electron chi connectivity index (χ0n) is 35.0. The summed E-state index contributed by atoms with van der Waals surface area (Å²) in [5.74, 6) is 0.459. The van der Waals surface area contributed by atoms with Crippen LogP contribution in [-0.4, -0.2) is 36.5 Å². The van der Waals surface area contributed by atoms with Gasteiger partial charge in [-0.15, -0.1) is 5.60 Å². The molecule has 0 bridgehead atoms. The van der Waals surface area contributed by atoms with Crippen LogP contribution in [0.25, 0.3) is 0 Å². The van der Waals surface area contributed by atoms with E-state index in [9.17, 15) is 19.5 Å². The van der Waals surface area contributed by atoms with Crippen LogP contribution in [0, 0.1) is 24.7 Å². The van der Waals surface area contributed by atoms with Gasteiger partial charge in [-0.3, -0.25) is 14.4 Å². The van der Waals surface area contributed by atoms with Crippen molar-refractivity contribution in [3.8, 4) is 0 Å². The standard InChI is InChI=1S/C22H21.C12H20O2.C9H14O3.C4H9O.HI.K/c1-18(2)22(19-12-6-3-7-13-19,20-14-8-4-9-15-20)21-16-10-5-11-17-21;1-4-14-12(13)11-7-5-10(6-8-11)9(2)3;1-2-12-9(11)7-3-5-8(10)6-4-7;1-4(2,3)5;;/h3-18H,1H2,2H3;11H,4-8H2,1-3H3;7H,2-6H2,1H3;1-3H3;1H;/q-1;;;-1;;+1/p-1. The largest absolute Gasteiger partial charge is 1.00 e. The molecule has 2 aliphatic rings. The molecule has 0 amide bonds. The molecule has 1 unspecified atom stereocenters. The molecule has 8 heteroatoms. The second-order valence-corrected chi connectivity index (χ2v) is 15.1. The number of benzene rings is 3. The molecule has 3 aromatic carbocycles. The quantitative estimate of drug-likeness (QED) is 0.0849. The van der Waals surface area contributed by atoms with Crippen molar-refractivity contribution in [2.75, 3.05) is 13.2 Å². The fourth-order valence-corrected chi connectivity index (χ4v) is 6.85. The molecule has 55 heavy (non-hydrogen) atoms. The Balaban J connectivity index is 0.000000771. The van der Waals surface area contributed by atoms with Crippen molar-refractivity contribution in [1.29, 1.82) is 0 Å². The first-order valence-electron chi connectivity index (χ1n) is 19.3. The Morgan fingerprint density at radius 3 is 1.24 bits per heavy atom. The van der Waals surface area contributed by atoms with E-state index in [4.69, 9.17) is 9.47 Å².